The number of nitrogens with zero attached hydrogens (tertiary/aromatic N) is 1. The topological polar surface area (TPSA) is 65.2 Å². The summed E-state index contributed by atoms with van der Waals surface area (Å²) in [6, 6.07) is 0. The molecule has 1 rings (SSSR count). The highest BCUT2D eigenvalue weighted by Gasteiger charge is 2.03. The summed E-state index contributed by atoms with van der Waals surface area (Å²) in [5.74, 6) is -0.143. The fourth-order valence-corrected chi connectivity index (χ4v) is 1.68. The van der Waals surface area contributed by atoms with Crippen molar-refractivity contribution in [1.82, 2.24) is 4.98 Å². The van der Waals surface area contributed by atoms with Crippen molar-refractivity contribution >= 4 is 39.4 Å². The van der Waals surface area contributed by atoms with E-state index >= 15 is 0 Å². The summed E-state index contributed by atoms with van der Waals surface area (Å²) in [6.45, 7) is 2.25. The summed E-state index contributed by atoms with van der Waals surface area (Å²) in [5.41, 5.74) is 6.43. The van der Waals surface area contributed by atoms with E-state index in [-0.39, 0.29) is 23.0 Å². The van der Waals surface area contributed by atoms with Gasteiger partial charge in [-0.2, -0.15) is 0 Å². The molecule has 0 amide bonds. The van der Waals surface area contributed by atoms with E-state index in [1.807, 2.05) is 5.38 Å². The highest BCUT2D eigenvalue weighted by molar-refractivity contribution is 8.93. The summed E-state index contributed by atoms with van der Waals surface area (Å²) >= 11 is 1.42. The number of aryl methyl sites for hydroxylation is 1. The van der Waals surface area contributed by atoms with Crippen molar-refractivity contribution < 1.29 is 9.53 Å². The fourth-order valence-electron chi connectivity index (χ4n) is 1.08. The minimum atomic E-state index is -0.143. The molecule has 0 spiro atoms. The Morgan fingerprint density at radius 2 is 2.40 bits per heavy atom. The van der Waals surface area contributed by atoms with Crippen molar-refractivity contribution in [2.45, 2.75) is 26.2 Å². The first kappa shape index (κ1) is 14.4. The molecule has 0 aliphatic rings. The Morgan fingerprint density at radius 3 is 2.93 bits per heavy atom. The third kappa shape index (κ3) is 5.74. The zero-order chi connectivity index (χ0) is 10.4. The van der Waals surface area contributed by atoms with Gasteiger partial charge in [0.15, 0.2) is 5.13 Å². The largest absolute Gasteiger partial charge is 0.466 e. The molecular weight excluding hydrogens is 280 g/mol. The molecule has 0 saturated heterocycles. The van der Waals surface area contributed by atoms with Gasteiger partial charge in [0.25, 0.3) is 0 Å². The molecule has 0 saturated carbocycles. The van der Waals surface area contributed by atoms with Crippen LogP contribution in [0.5, 0.6) is 0 Å². The monoisotopic (exact) mass is 294 g/mol. The Morgan fingerprint density at radius 1 is 1.67 bits per heavy atom. The lowest BCUT2D eigenvalue weighted by atomic mass is 10.2. The van der Waals surface area contributed by atoms with Crippen LogP contribution in [-0.2, 0) is 16.0 Å². The predicted octanol–water partition coefficient (Wildman–Crippen LogP) is 2.19. The molecule has 0 aliphatic heterocycles. The van der Waals surface area contributed by atoms with Crippen molar-refractivity contribution in [1.29, 1.82) is 0 Å². The average Bonchev–Trinajstić information content (AvgIpc) is 2.52. The first-order valence-corrected chi connectivity index (χ1v) is 5.46. The van der Waals surface area contributed by atoms with Crippen LogP contribution in [0.1, 0.15) is 25.5 Å². The maximum absolute atomic E-state index is 11.0. The Bertz CT molecular complexity index is 304. The number of ether oxygens (including phenoxy) is 1. The number of halogens is 1. The van der Waals surface area contributed by atoms with E-state index < -0.39 is 0 Å². The van der Waals surface area contributed by atoms with Crippen LogP contribution in [0.15, 0.2) is 5.38 Å². The second kappa shape index (κ2) is 7.64. The van der Waals surface area contributed by atoms with E-state index in [4.69, 9.17) is 10.5 Å². The lowest BCUT2D eigenvalue weighted by molar-refractivity contribution is -0.143. The number of rotatable bonds is 5. The maximum atomic E-state index is 11.0. The van der Waals surface area contributed by atoms with Crippen molar-refractivity contribution in [3.63, 3.8) is 0 Å². The number of nitrogen functional groups attached to an aromatic ring is 1. The summed E-state index contributed by atoms with van der Waals surface area (Å²) in [6.07, 6.45) is 2.00. The Labute approximate surface area is 104 Å². The van der Waals surface area contributed by atoms with Gasteiger partial charge in [0.1, 0.15) is 0 Å². The standard InChI is InChI=1S/C9H14N2O2S.BrH/c1-2-13-8(12)5-3-4-7-6-14-9(10)11-7;/h6H,2-5H2,1H3,(H2,10,11);1H. The summed E-state index contributed by atoms with van der Waals surface area (Å²) in [5, 5.41) is 2.50. The van der Waals surface area contributed by atoms with Gasteiger partial charge in [0.2, 0.25) is 0 Å². The number of thiazole rings is 1. The Balaban J connectivity index is 0.00000196. The number of esters is 1. The molecule has 4 nitrogen and oxygen atoms in total. The average molecular weight is 295 g/mol. The zero-order valence-corrected chi connectivity index (χ0v) is 11.1. The van der Waals surface area contributed by atoms with Crippen LogP contribution in [0.25, 0.3) is 0 Å². The number of anilines is 1. The first-order valence-electron chi connectivity index (χ1n) is 4.58. The molecule has 15 heavy (non-hydrogen) atoms. The Kier molecular flexibility index (Phi) is 7.33. The minimum Gasteiger partial charge on any atom is -0.466 e. The number of hydrogen-bond donors (Lipinski definition) is 1. The lowest BCUT2D eigenvalue weighted by Gasteiger charge is -1.99. The molecule has 0 radical (unpaired) electrons. The molecule has 0 unspecified atom stereocenters. The first-order chi connectivity index (χ1) is 6.72. The van der Waals surface area contributed by atoms with Gasteiger partial charge in [-0.1, -0.05) is 0 Å². The van der Waals surface area contributed by atoms with Gasteiger partial charge >= 0.3 is 5.97 Å². The van der Waals surface area contributed by atoms with Gasteiger partial charge in [0.05, 0.1) is 12.3 Å². The van der Waals surface area contributed by atoms with Gasteiger partial charge < -0.3 is 10.5 Å². The summed E-state index contributed by atoms with van der Waals surface area (Å²) < 4.78 is 4.80. The smallest absolute Gasteiger partial charge is 0.305 e. The molecule has 0 atom stereocenters. The molecule has 1 aromatic heterocycles. The van der Waals surface area contributed by atoms with Gasteiger partial charge in [0, 0.05) is 11.8 Å². The molecule has 0 aromatic carbocycles. The van der Waals surface area contributed by atoms with Crippen LogP contribution in [0.4, 0.5) is 5.13 Å². The third-order valence-electron chi connectivity index (χ3n) is 1.69. The minimum absolute atomic E-state index is 0. The fraction of sp³-hybridized carbons (Fsp3) is 0.556. The molecule has 0 bridgehead atoms. The normalized spacial score (nSPS) is 9.40. The van der Waals surface area contributed by atoms with Crippen LogP contribution in [0.3, 0.4) is 0 Å². The second-order valence-corrected chi connectivity index (χ2v) is 3.73. The highest BCUT2D eigenvalue weighted by atomic mass is 79.9. The molecular formula is C9H15BrN2O2S. The summed E-state index contributed by atoms with van der Waals surface area (Å²) in [7, 11) is 0. The van der Waals surface area contributed by atoms with E-state index in [1.165, 1.54) is 11.3 Å². The van der Waals surface area contributed by atoms with Crippen molar-refractivity contribution in [3.05, 3.63) is 11.1 Å². The predicted molar refractivity (Wildman–Crippen MR) is 66.4 cm³/mol. The van der Waals surface area contributed by atoms with Crippen LogP contribution >= 0.6 is 28.3 Å². The van der Waals surface area contributed by atoms with Crippen LogP contribution in [0, 0.1) is 0 Å². The quantitative estimate of drug-likeness (QED) is 0.846. The SMILES string of the molecule is Br.CCOC(=O)CCCc1csc(N)n1. The van der Waals surface area contributed by atoms with Gasteiger partial charge in [-0.05, 0) is 19.8 Å². The molecule has 6 heteroatoms. The maximum Gasteiger partial charge on any atom is 0.305 e. The third-order valence-corrected chi connectivity index (χ3v) is 2.41. The molecule has 0 aliphatic carbocycles. The van der Waals surface area contributed by atoms with E-state index in [0.717, 1.165) is 18.5 Å². The zero-order valence-electron chi connectivity index (χ0n) is 8.56. The van der Waals surface area contributed by atoms with Crippen LogP contribution < -0.4 is 5.73 Å². The number of carbonyl (C=O) groups excluding carboxylic acids is 1. The van der Waals surface area contributed by atoms with Crippen molar-refractivity contribution in [2.75, 3.05) is 12.3 Å². The van der Waals surface area contributed by atoms with Gasteiger partial charge in [-0.15, -0.1) is 28.3 Å². The molecule has 0 fully saturated rings. The van der Waals surface area contributed by atoms with E-state index in [2.05, 4.69) is 4.98 Å². The lowest BCUT2D eigenvalue weighted by Crippen LogP contribution is -2.04. The second-order valence-electron chi connectivity index (χ2n) is 2.84. The van der Waals surface area contributed by atoms with E-state index in [9.17, 15) is 4.79 Å². The number of hydrogen-bond acceptors (Lipinski definition) is 5. The van der Waals surface area contributed by atoms with Crippen LogP contribution in [-0.4, -0.2) is 17.6 Å². The highest BCUT2D eigenvalue weighted by Crippen LogP contribution is 2.13. The van der Waals surface area contributed by atoms with E-state index in [1.54, 1.807) is 6.92 Å². The Hall–Kier alpha value is -0.620. The molecule has 1 heterocycles. The van der Waals surface area contributed by atoms with Crippen molar-refractivity contribution in [2.24, 2.45) is 0 Å². The van der Waals surface area contributed by atoms with Gasteiger partial charge in [-0.25, -0.2) is 4.98 Å². The van der Waals surface area contributed by atoms with Gasteiger partial charge in [-0.3, -0.25) is 4.79 Å². The number of nitrogens with two attached hydrogens (primary N) is 1. The molecule has 1 aromatic rings. The molecule has 86 valence electrons. The number of carbonyl (C=O) groups is 1. The summed E-state index contributed by atoms with van der Waals surface area (Å²) in [4.78, 5) is 15.1. The van der Waals surface area contributed by atoms with Crippen LogP contribution in [0.2, 0.25) is 0 Å². The van der Waals surface area contributed by atoms with E-state index in [0.29, 0.717) is 18.2 Å². The number of aromatic nitrogens is 1. The van der Waals surface area contributed by atoms with Crippen molar-refractivity contribution in [3.8, 4) is 0 Å². The molecule has 2 N–H and O–H groups in total.